The van der Waals surface area contributed by atoms with Gasteiger partial charge in [-0.3, -0.25) is 0 Å². The van der Waals surface area contributed by atoms with Crippen LogP contribution in [-0.2, 0) is 6.54 Å². The minimum Gasteiger partial charge on any atom is -0.497 e. The molecule has 0 N–H and O–H groups in total. The lowest BCUT2D eigenvalue weighted by molar-refractivity contribution is 0.313. The van der Waals surface area contributed by atoms with E-state index in [1.807, 2.05) is 0 Å². The van der Waals surface area contributed by atoms with Crippen LogP contribution in [0.3, 0.4) is 0 Å². The zero-order valence-corrected chi connectivity index (χ0v) is 15.0. The Morgan fingerprint density at radius 1 is 1.12 bits per heavy atom. The average molecular weight is 322 g/mol. The Kier molecular flexibility index (Phi) is 4.91. The molecular weight excluding hydrogens is 296 g/mol. The molecule has 0 radical (unpaired) electrons. The van der Waals surface area contributed by atoms with Crippen molar-refractivity contribution in [1.82, 2.24) is 9.80 Å². The molecule has 0 aromatic heterocycles. The highest BCUT2D eigenvalue weighted by atomic mass is 16.5. The van der Waals surface area contributed by atoms with Gasteiger partial charge >= 0.3 is 0 Å². The quantitative estimate of drug-likeness (QED) is 0.831. The molecule has 0 saturated heterocycles. The Bertz CT molecular complexity index is 737. The van der Waals surface area contributed by atoms with Crippen LogP contribution in [0.1, 0.15) is 23.6 Å². The second kappa shape index (κ2) is 7.10. The first-order chi connectivity index (χ1) is 11.6. The fourth-order valence-electron chi connectivity index (χ4n) is 3.24. The first kappa shape index (κ1) is 16.6. The smallest absolute Gasteiger partial charge is 0.119 e. The lowest BCUT2D eigenvalue weighted by Gasteiger charge is -2.35. The molecule has 3 nitrogen and oxygen atoms in total. The normalized spacial score (nSPS) is 14.1. The van der Waals surface area contributed by atoms with Crippen LogP contribution in [-0.4, -0.2) is 44.1 Å². The topological polar surface area (TPSA) is 15.7 Å². The lowest BCUT2D eigenvalue weighted by Crippen LogP contribution is -2.32. The molecule has 3 heteroatoms. The molecule has 1 aliphatic rings. The van der Waals surface area contributed by atoms with Gasteiger partial charge in [0, 0.05) is 31.4 Å². The van der Waals surface area contributed by atoms with Gasteiger partial charge < -0.3 is 14.5 Å². The van der Waals surface area contributed by atoms with Gasteiger partial charge in [-0.2, -0.15) is 0 Å². The number of hydrogen-bond donors (Lipinski definition) is 0. The summed E-state index contributed by atoms with van der Waals surface area (Å²) in [6, 6.07) is 17.1. The van der Waals surface area contributed by atoms with Gasteiger partial charge in [0.25, 0.3) is 0 Å². The summed E-state index contributed by atoms with van der Waals surface area (Å²) in [6.45, 7) is 5.10. The van der Waals surface area contributed by atoms with E-state index in [1.54, 1.807) is 7.11 Å². The summed E-state index contributed by atoms with van der Waals surface area (Å²) >= 11 is 0. The van der Waals surface area contributed by atoms with E-state index >= 15 is 0 Å². The SMILES string of the molecule is CCN(C)CC1=C(c2ccccc2)c2cc(OC)ccc2CN1C. The molecule has 3 rings (SSSR count). The summed E-state index contributed by atoms with van der Waals surface area (Å²) in [7, 11) is 6.09. The van der Waals surface area contributed by atoms with E-state index in [1.165, 1.54) is 28.0 Å². The van der Waals surface area contributed by atoms with Crippen LogP contribution in [0.15, 0.2) is 54.2 Å². The van der Waals surface area contributed by atoms with Gasteiger partial charge in [-0.1, -0.05) is 43.3 Å². The second-order valence-corrected chi connectivity index (χ2v) is 6.40. The van der Waals surface area contributed by atoms with Crippen molar-refractivity contribution in [3.8, 4) is 5.75 Å². The van der Waals surface area contributed by atoms with E-state index < -0.39 is 0 Å². The van der Waals surface area contributed by atoms with Crippen molar-refractivity contribution in [2.45, 2.75) is 13.5 Å². The third-order valence-corrected chi connectivity index (χ3v) is 4.77. The Morgan fingerprint density at radius 2 is 1.88 bits per heavy atom. The van der Waals surface area contributed by atoms with E-state index in [0.29, 0.717) is 0 Å². The van der Waals surface area contributed by atoms with Crippen molar-refractivity contribution in [2.24, 2.45) is 0 Å². The molecule has 0 unspecified atom stereocenters. The predicted octanol–water partition coefficient (Wildman–Crippen LogP) is 3.85. The van der Waals surface area contributed by atoms with Crippen LogP contribution in [0, 0.1) is 0 Å². The summed E-state index contributed by atoms with van der Waals surface area (Å²) in [4.78, 5) is 4.73. The number of benzene rings is 2. The summed E-state index contributed by atoms with van der Waals surface area (Å²) in [5, 5.41) is 0. The standard InChI is InChI=1S/C21H26N2O/c1-5-22(2)15-20-21(16-9-7-6-8-10-16)19-13-18(24-4)12-11-17(19)14-23(20)3/h6-13H,5,14-15H2,1-4H3. The van der Waals surface area contributed by atoms with E-state index in [-0.39, 0.29) is 0 Å². The lowest BCUT2D eigenvalue weighted by atomic mass is 9.88. The fraction of sp³-hybridized carbons (Fsp3) is 0.333. The van der Waals surface area contributed by atoms with Crippen LogP contribution in [0.4, 0.5) is 0 Å². The van der Waals surface area contributed by atoms with Crippen molar-refractivity contribution in [1.29, 1.82) is 0 Å². The van der Waals surface area contributed by atoms with Crippen molar-refractivity contribution in [3.05, 3.63) is 70.9 Å². The number of rotatable bonds is 5. The monoisotopic (exact) mass is 322 g/mol. The highest BCUT2D eigenvalue weighted by Gasteiger charge is 2.24. The molecule has 24 heavy (non-hydrogen) atoms. The maximum absolute atomic E-state index is 5.48. The largest absolute Gasteiger partial charge is 0.497 e. The Balaban J connectivity index is 2.21. The van der Waals surface area contributed by atoms with Crippen LogP contribution in [0.2, 0.25) is 0 Å². The fourth-order valence-corrected chi connectivity index (χ4v) is 3.24. The van der Waals surface area contributed by atoms with Gasteiger partial charge in [0.15, 0.2) is 0 Å². The second-order valence-electron chi connectivity index (χ2n) is 6.40. The molecule has 0 amide bonds. The van der Waals surface area contributed by atoms with Crippen molar-refractivity contribution >= 4 is 5.57 Å². The minimum atomic E-state index is 0.912. The molecule has 0 spiro atoms. The van der Waals surface area contributed by atoms with E-state index in [4.69, 9.17) is 4.74 Å². The molecule has 0 aliphatic carbocycles. The zero-order chi connectivity index (χ0) is 17.1. The predicted molar refractivity (Wildman–Crippen MR) is 100 cm³/mol. The molecule has 0 bridgehead atoms. The number of likely N-dealkylation sites (N-methyl/N-ethyl adjacent to an activating group) is 2. The zero-order valence-electron chi connectivity index (χ0n) is 15.0. The Morgan fingerprint density at radius 3 is 2.54 bits per heavy atom. The molecule has 1 heterocycles. The summed E-state index contributed by atoms with van der Waals surface area (Å²) < 4.78 is 5.48. The molecule has 126 valence electrons. The number of methoxy groups -OCH3 is 1. The van der Waals surface area contributed by atoms with Crippen molar-refractivity contribution in [2.75, 3.05) is 34.3 Å². The van der Waals surface area contributed by atoms with Crippen molar-refractivity contribution in [3.63, 3.8) is 0 Å². The molecule has 2 aromatic carbocycles. The van der Waals surface area contributed by atoms with E-state index in [0.717, 1.165) is 25.4 Å². The summed E-state index contributed by atoms with van der Waals surface area (Å²) in [6.07, 6.45) is 0. The average Bonchev–Trinajstić information content (AvgIpc) is 2.62. The molecule has 2 aromatic rings. The maximum atomic E-state index is 5.48. The number of ether oxygens (including phenoxy) is 1. The first-order valence-electron chi connectivity index (χ1n) is 8.49. The van der Waals surface area contributed by atoms with Gasteiger partial charge in [-0.05, 0) is 42.4 Å². The summed E-state index contributed by atoms with van der Waals surface area (Å²) in [5.41, 5.74) is 6.58. The van der Waals surface area contributed by atoms with Gasteiger partial charge in [-0.15, -0.1) is 0 Å². The third kappa shape index (κ3) is 3.17. The molecule has 0 atom stereocenters. The summed E-state index contributed by atoms with van der Waals surface area (Å²) in [5.74, 6) is 0.912. The van der Waals surface area contributed by atoms with Crippen LogP contribution in [0.5, 0.6) is 5.75 Å². The third-order valence-electron chi connectivity index (χ3n) is 4.77. The van der Waals surface area contributed by atoms with E-state index in [2.05, 4.69) is 79.3 Å². The molecule has 0 saturated carbocycles. The van der Waals surface area contributed by atoms with Gasteiger partial charge in [-0.25, -0.2) is 0 Å². The van der Waals surface area contributed by atoms with Crippen molar-refractivity contribution < 1.29 is 4.74 Å². The minimum absolute atomic E-state index is 0.912. The number of nitrogens with zero attached hydrogens (tertiary/aromatic N) is 2. The first-order valence-corrected chi connectivity index (χ1v) is 8.49. The van der Waals surface area contributed by atoms with Gasteiger partial charge in [0.2, 0.25) is 0 Å². The molecule has 0 fully saturated rings. The highest BCUT2D eigenvalue weighted by molar-refractivity contribution is 5.85. The van der Waals surface area contributed by atoms with Gasteiger partial charge in [0.05, 0.1) is 7.11 Å². The maximum Gasteiger partial charge on any atom is 0.119 e. The Hall–Kier alpha value is -2.26. The van der Waals surface area contributed by atoms with Gasteiger partial charge in [0.1, 0.15) is 5.75 Å². The van der Waals surface area contributed by atoms with Crippen LogP contribution in [0.25, 0.3) is 5.57 Å². The Labute approximate surface area is 145 Å². The molecular formula is C21H26N2O. The molecule has 1 aliphatic heterocycles. The van der Waals surface area contributed by atoms with Crippen LogP contribution < -0.4 is 4.74 Å². The van der Waals surface area contributed by atoms with E-state index in [9.17, 15) is 0 Å². The highest BCUT2D eigenvalue weighted by Crippen LogP contribution is 2.37. The number of fused-ring (bicyclic) bond motifs is 1. The van der Waals surface area contributed by atoms with Crippen LogP contribution >= 0.6 is 0 Å². The number of hydrogen-bond acceptors (Lipinski definition) is 3.